The van der Waals surface area contributed by atoms with Gasteiger partial charge in [-0.1, -0.05) is 6.92 Å². The predicted molar refractivity (Wildman–Crippen MR) is 33.0 cm³/mol. The first-order chi connectivity index (χ1) is 3.79. The SMILES string of the molecule is C[C@H]1CC=[N+]([O-])CC1. The van der Waals surface area contributed by atoms with Gasteiger partial charge in [-0.2, -0.15) is 0 Å². The maximum Gasteiger partial charge on any atom is 0.153 e. The molecule has 1 atom stereocenters. The summed E-state index contributed by atoms with van der Waals surface area (Å²) in [6, 6.07) is 0. The Morgan fingerprint density at radius 2 is 2.50 bits per heavy atom. The lowest BCUT2D eigenvalue weighted by atomic mass is 10.0. The summed E-state index contributed by atoms with van der Waals surface area (Å²) in [5, 5.41) is 10.5. The van der Waals surface area contributed by atoms with Crippen molar-refractivity contribution in [3.05, 3.63) is 5.21 Å². The summed E-state index contributed by atoms with van der Waals surface area (Å²) in [6.07, 6.45) is 3.75. The van der Waals surface area contributed by atoms with Crippen molar-refractivity contribution in [1.82, 2.24) is 0 Å². The normalized spacial score (nSPS) is 29.6. The summed E-state index contributed by atoms with van der Waals surface area (Å²) in [5.41, 5.74) is 0. The fourth-order valence-electron chi connectivity index (χ4n) is 0.854. The average Bonchev–Trinajstić information content (AvgIpc) is 1.77. The molecule has 2 heteroatoms. The van der Waals surface area contributed by atoms with E-state index < -0.39 is 0 Å². The van der Waals surface area contributed by atoms with E-state index in [1.807, 2.05) is 0 Å². The second kappa shape index (κ2) is 2.16. The van der Waals surface area contributed by atoms with E-state index in [-0.39, 0.29) is 0 Å². The Labute approximate surface area is 49.4 Å². The molecule has 0 bridgehead atoms. The lowest BCUT2D eigenvalue weighted by molar-refractivity contribution is -0.460. The standard InChI is InChI=1S/C6H11NO/c1-6-2-4-7(8)5-3-6/h4,6H,2-3,5H2,1H3/t6-/m0/s1. The van der Waals surface area contributed by atoms with Gasteiger partial charge in [-0.25, -0.2) is 4.74 Å². The number of nitrogens with zero attached hydrogens (tertiary/aromatic N) is 1. The van der Waals surface area contributed by atoms with E-state index in [0.29, 0.717) is 6.54 Å². The lowest BCUT2D eigenvalue weighted by Crippen LogP contribution is -2.17. The van der Waals surface area contributed by atoms with Crippen molar-refractivity contribution in [3.63, 3.8) is 0 Å². The number of rotatable bonds is 0. The van der Waals surface area contributed by atoms with Gasteiger partial charge in [0.2, 0.25) is 0 Å². The Morgan fingerprint density at radius 1 is 1.75 bits per heavy atom. The molecular formula is C6H11NO. The molecule has 0 saturated carbocycles. The highest BCUT2D eigenvalue weighted by Gasteiger charge is 2.09. The summed E-state index contributed by atoms with van der Waals surface area (Å²) in [7, 11) is 0. The van der Waals surface area contributed by atoms with Crippen LogP contribution in [0.2, 0.25) is 0 Å². The zero-order chi connectivity index (χ0) is 5.98. The van der Waals surface area contributed by atoms with Crippen molar-refractivity contribution < 1.29 is 4.74 Å². The van der Waals surface area contributed by atoms with Crippen LogP contribution in [0.25, 0.3) is 0 Å². The summed E-state index contributed by atoms with van der Waals surface area (Å²) in [5.74, 6) is 0.722. The maximum atomic E-state index is 10.5. The van der Waals surface area contributed by atoms with Crippen LogP contribution in [0.15, 0.2) is 0 Å². The minimum Gasteiger partial charge on any atom is -0.624 e. The monoisotopic (exact) mass is 113 g/mol. The molecule has 0 aliphatic carbocycles. The van der Waals surface area contributed by atoms with E-state index in [1.54, 1.807) is 6.21 Å². The lowest BCUT2D eigenvalue weighted by Gasteiger charge is -2.13. The molecule has 0 fully saturated rings. The van der Waals surface area contributed by atoms with Crippen LogP contribution >= 0.6 is 0 Å². The Kier molecular flexibility index (Phi) is 1.51. The van der Waals surface area contributed by atoms with E-state index in [9.17, 15) is 5.21 Å². The molecule has 46 valence electrons. The molecule has 1 aliphatic heterocycles. The molecule has 0 radical (unpaired) electrons. The van der Waals surface area contributed by atoms with Gasteiger partial charge in [0.1, 0.15) is 0 Å². The van der Waals surface area contributed by atoms with Gasteiger partial charge in [-0.15, -0.1) is 0 Å². The highest BCUT2D eigenvalue weighted by molar-refractivity contribution is 5.52. The van der Waals surface area contributed by atoms with Crippen molar-refractivity contribution in [1.29, 1.82) is 0 Å². The molecule has 1 aliphatic rings. The van der Waals surface area contributed by atoms with Gasteiger partial charge < -0.3 is 5.21 Å². The molecule has 0 amide bonds. The predicted octanol–water partition coefficient (Wildman–Crippen LogP) is 0.997. The topological polar surface area (TPSA) is 26.1 Å². The van der Waals surface area contributed by atoms with Gasteiger partial charge in [0, 0.05) is 12.8 Å². The molecule has 0 aromatic heterocycles. The molecular weight excluding hydrogens is 102 g/mol. The van der Waals surface area contributed by atoms with Crippen LogP contribution in [0, 0.1) is 11.1 Å². The Morgan fingerprint density at radius 3 is 2.88 bits per heavy atom. The summed E-state index contributed by atoms with van der Waals surface area (Å²) < 4.78 is 1.03. The Balaban J connectivity index is 2.42. The van der Waals surface area contributed by atoms with Crippen LogP contribution in [-0.2, 0) is 0 Å². The quantitative estimate of drug-likeness (QED) is 0.340. The summed E-state index contributed by atoms with van der Waals surface area (Å²) >= 11 is 0. The van der Waals surface area contributed by atoms with Crippen molar-refractivity contribution in [2.45, 2.75) is 19.8 Å². The number of hydrogen-bond acceptors (Lipinski definition) is 1. The molecule has 8 heavy (non-hydrogen) atoms. The van der Waals surface area contributed by atoms with Gasteiger partial charge in [0.05, 0.1) is 0 Å². The zero-order valence-corrected chi connectivity index (χ0v) is 5.13. The highest BCUT2D eigenvalue weighted by Crippen LogP contribution is 2.08. The van der Waals surface area contributed by atoms with Crippen LogP contribution < -0.4 is 0 Å². The highest BCUT2D eigenvalue weighted by atomic mass is 16.5. The molecule has 0 spiro atoms. The van der Waals surface area contributed by atoms with E-state index >= 15 is 0 Å². The van der Waals surface area contributed by atoms with Gasteiger partial charge in [0.15, 0.2) is 12.8 Å². The second-order valence-corrected chi connectivity index (χ2v) is 2.45. The molecule has 0 N–H and O–H groups in total. The van der Waals surface area contributed by atoms with E-state index in [1.165, 1.54) is 0 Å². The van der Waals surface area contributed by atoms with Crippen LogP contribution in [0.4, 0.5) is 0 Å². The Bertz CT molecular complexity index is 109. The minimum atomic E-state index is 0.696. The van der Waals surface area contributed by atoms with Crippen molar-refractivity contribution in [3.8, 4) is 0 Å². The first-order valence-electron chi connectivity index (χ1n) is 3.06. The van der Waals surface area contributed by atoms with E-state index in [4.69, 9.17) is 0 Å². The largest absolute Gasteiger partial charge is 0.624 e. The second-order valence-electron chi connectivity index (χ2n) is 2.45. The van der Waals surface area contributed by atoms with Crippen molar-refractivity contribution >= 4 is 6.21 Å². The molecule has 0 saturated heterocycles. The molecule has 0 unspecified atom stereocenters. The van der Waals surface area contributed by atoms with Crippen molar-refractivity contribution in [2.75, 3.05) is 6.54 Å². The first-order valence-corrected chi connectivity index (χ1v) is 3.06. The average molecular weight is 113 g/mol. The number of hydrogen-bond donors (Lipinski definition) is 0. The van der Waals surface area contributed by atoms with Crippen LogP contribution in [-0.4, -0.2) is 17.5 Å². The molecule has 0 aromatic rings. The van der Waals surface area contributed by atoms with Crippen LogP contribution in [0.1, 0.15) is 19.8 Å². The van der Waals surface area contributed by atoms with E-state index in [0.717, 1.165) is 23.5 Å². The molecule has 1 heterocycles. The third-order valence-electron chi connectivity index (χ3n) is 1.55. The van der Waals surface area contributed by atoms with E-state index in [2.05, 4.69) is 6.92 Å². The summed E-state index contributed by atoms with van der Waals surface area (Å²) in [4.78, 5) is 0. The fourth-order valence-corrected chi connectivity index (χ4v) is 0.854. The maximum absolute atomic E-state index is 10.5. The molecule has 0 aromatic carbocycles. The first kappa shape index (κ1) is 5.60. The van der Waals surface area contributed by atoms with Crippen LogP contribution in [0.5, 0.6) is 0 Å². The molecule has 1 rings (SSSR count). The summed E-state index contributed by atoms with van der Waals surface area (Å²) in [6.45, 7) is 2.87. The third-order valence-corrected chi connectivity index (χ3v) is 1.55. The van der Waals surface area contributed by atoms with Gasteiger partial charge in [0.25, 0.3) is 0 Å². The van der Waals surface area contributed by atoms with Crippen molar-refractivity contribution in [2.24, 2.45) is 5.92 Å². The van der Waals surface area contributed by atoms with Gasteiger partial charge in [-0.05, 0) is 5.92 Å². The van der Waals surface area contributed by atoms with Gasteiger partial charge >= 0.3 is 0 Å². The van der Waals surface area contributed by atoms with Crippen LogP contribution in [0.3, 0.4) is 0 Å². The zero-order valence-electron chi connectivity index (χ0n) is 5.13. The Hall–Kier alpha value is -0.530. The third kappa shape index (κ3) is 1.22. The fraction of sp³-hybridized carbons (Fsp3) is 0.833. The minimum absolute atomic E-state index is 0.696. The number of hydroxylamine groups is 1. The molecule has 2 nitrogen and oxygen atoms in total. The smallest absolute Gasteiger partial charge is 0.153 e. The van der Waals surface area contributed by atoms with Gasteiger partial charge in [-0.3, -0.25) is 0 Å².